The molecule has 2 N–H and O–H groups in total. The summed E-state index contributed by atoms with van der Waals surface area (Å²) in [4.78, 5) is 51.4. The number of ketones is 1. The number of ether oxygens (including phenoxy) is 1. The molecule has 1 aliphatic rings. The van der Waals surface area contributed by atoms with E-state index < -0.39 is 29.9 Å². The SMILES string of the molecule is COC(=O)[C@@H](NC(=O)[C@@H](NC(=O)CC1CCC(C)=CC(Cc2ccccc2)C1=O)C(C)C)C(C)C. The normalized spacial score (nSPS) is 20.0. The molecule has 0 saturated carbocycles. The lowest BCUT2D eigenvalue weighted by molar-refractivity contribution is -0.147. The van der Waals surface area contributed by atoms with Gasteiger partial charge in [0.1, 0.15) is 17.9 Å². The Bertz CT molecular complexity index is 923. The predicted octanol–water partition coefficient (Wildman–Crippen LogP) is 3.62. The zero-order valence-electron chi connectivity index (χ0n) is 21.8. The van der Waals surface area contributed by atoms with Gasteiger partial charge in [-0.25, -0.2) is 4.79 Å². The molecular formula is C28H40N2O5. The molecule has 35 heavy (non-hydrogen) atoms. The van der Waals surface area contributed by atoms with Gasteiger partial charge in [-0.05, 0) is 43.6 Å². The maximum absolute atomic E-state index is 13.4. The number of allylic oxidation sites excluding steroid dienone is 2. The average molecular weight is 485 g/mol. The summed E-state index contributed by atoms with van der Waals surface area (Å²) in [6, 6.07) is 8.25. The van der Waals surface area contributed by atoms with Crippen molar-refractivity contribution in [2.75, 3.05) is 7.11 Å². The number of esters is 1. The van der Waals surface area contributed by atoms with Crippen LogP contribution in [0.1, 0.15) is 59.4 Å². The molecule has 7 nitrogen and oxygen atoms in total. The van der Waals surface area contributed by atoms with Crippen molar-refractivity contribution in [1.29, 1.82) is 0 Å². The molecule has 2 amide bonds. The van der Waals surface area contributed by atoms with Gasteiger partial charge in [-0.15, -0.1) is 0 Å². The average Bonchev–Trinajstić information content (AvgIpc) is 2.94. The minimum atomic E-state index is -0.825. The second-order valence-corrected chi connectivity index (χ2v) is 10.2. The minimum Gasteiger partial charge on any atom is -0.467 e. The zero-order valence-corrected chi connectivity index (χ0v) is 21.8. The topological polar surface area (TPSA) is 102 Å². The number of rotatable bonds is 10. The van der Waals surface area contributed by atoms with Crippen LogP contribution in [0.2, 0.25) is 0 Å². The van der Waals surface area contributed by atoms with E-state index in [1.54, 1.807) is 0 Å². The van der Waals surface area contributed by atoms with Gasteiger partial charge in [0.15, 0.2) is 0 Å². The van der Waals surface area contributed by atoms with E-state index in [9.17, 15) is 19.2 Å². The van der Waals surface area contributed by atoms with Gasteiger partial charge in [0, 0.05) is 18.3 Å². The second-order valence-electron chi connectivity index (χ2n) is 10.2. The van der Waals surface area contributed by atoms with Crippen LogP contribution in [0.4, 0.5) is 0 Å². The standard InChI is InChI=1S/C28H40N2O5/c1-17(2)24(27(33)30-25(18(3)4)28(34)35-6)29-23(31)16-21-13-12-19(5)14-22(26(21)32)15-20-10-8-7-9-11-20/h7-11,14,17-18,21-22,24-25H,12-13,15-16H2,1-6H3,(H,29,31)(H,30,33)/t21?,22?,24-,25-/m0/s1. The Morgan fingerprint density at radius 1 is 1.00 bits per heavy atom. The van der Waals surface area contributed by atoms with Crippen molar-refractivity contribution in [1.82, 2.24) is 10.6 Å². The van der Waals surface area contributed by atoms with Gasteiger partial charge in [-0.1, -0.05) is 69.7 Å². The number of amides is 2. The molecule has 7 heteroatoms. The lowest BCUT2D eigenvalue weighted by Gasteiger charge is -2.27. The summed E-state index contributed by atoms with van der Waals surface area (Å²) >= 11 is 0. The Hall–Kier alpha value is -2.96. The molecule has 4 atom stereocenters. The summed E-state index contributed by atoms with van der Waals surface area (Å²) in [5, 5.41) is 5.52. The van der Waals surface area contributed by atoms with Crippen molar-refractivity contribution < 1.29 is 23.9 Å². The van der Waals surface area contributed by atoms with E-state index in [1.165, 1.54) is 7.11 Å². The number of nitrogens with one attached hydrogen (secondary N) is 2. The number of carbonyl (C=O) groups excluding carboxylic acids is 4. The van der Waals surface area contributed by atoms with Crippen LogP contribution < -0.4 is 10.6 Å². The molecule has 0 aliphatic heterocycles. The fourth-order valence-electron chi connectivity index (χ4n) is 4.44. The Kier molecular flexibility index (Phi) is 10.7. The maximum Gasteiger partial charge on any atom is 0.328 e. The summed E-state index contributed by atoms with van der Waals surface area (Å²) in [5.74, 6) is -2.30. The highest BCUT2D eigenvalue weighted by Gasteiger charge is 2.33. The van der Waals surface area contributed by atoms with Crippen LogP contribution in [0.25, 0.3) is 0 Å². The largest absolute Gasteiger partial charge is 0.467 e. The van der Waals surface area contributed by atoms with Crippen LogP contribution in [0, 0.1) is 23.7 Å². The van der Waals surface area contributed by atoms with E-state index in [0.717, 1.165) is 17.6 Å². The van der Waals surface area contributed by atoms with Crippen molar-refractivity contribution in [3.8, 4) is 0 Å². The van der Waals surface area contributed by atoms with Gasteiger partial charge in [0.25, 0.3) is 0 Å². The van der Waals surface area contributed by atoms with Crippen LogP contribution in [-0.4, -0.2) is 42.8 Å². The van der Waals surface area contributed by atoms with Gasteiger partial charge >= 0.3 is 5.97 Å². The molecule has 2 rings (SSSR count). The molecule has 0 heterocycles. The van der Waals surface area contributed by atoms with E-state index in [0.29, 0.717) is 12.8 Å². The number of benzene rings is 1. The smallest absolute Gasteiger partial charge is 0.328 e. The third kappa shape index (κ3) is 8.34. The number of methoxy groups -OCH3 is 1. The molecule has 0 aromatic heterocycles. The first-order chi connectivity index (χ1) is 16.5. The van der Waals surface area contributed by atoms with Crippen molar-refractivity contribution in [3.05, 3.63) is 47.5 Å². The predicted molar refractivity (Wildman–Crippen MR) is 135 cm³/mol. The molecule has 1 aliphatic carbocycles. The number of hydrogen-bond acceptors (Lipinski definition) is 5. The molecule has 0 bridgehead atoms. The molecular weight excluding hydrogens is 444 g/mol. The van der Waals surface area contributed by atoms with E-state index in [1.807, 2.05) is 71.0 Å². The molecule has 0 spiro atoms. The molecule has 0 fully saturated rings. The molecule has 0 saturated heterocycles. The molecule has 1 aromatic rings. The number of hydrogen-bond donors (Lipinski definition) is 2. The first-order valence-electron chi connectivity index (χ1n) is 12.5. The van der Waals surface area contributed by atoms with Crippen LogP contribution in [0.5, 0.6) is 0 Å². The number of Topliss-reactive ketones (excluding diaryl/α,β-unsaturated/α-hetero) is 1. The van der Waals surface area contributed by atoms with Crippen molar-refractivity contribution in [2.24, 2.45) is 23.7 Å². The van der Waals surface area contributed by atoms with Crippen LogP contribution in [-0.2, 0) is 30.3 Å². The Balaban J connectivity index is 2.08. The van der Waals surface area contributed by atoms with E-state index in [2.05, 4.69) is 10.6 Å². The van der Waals surface area contributed by atoms with Crippen molar-refractivity contribution in [3.63, 3.8) is 0 Å². The Morgan fingerprint density at radius 3 is 2.20 bits per heavy atom. The van der Waals surface area contributed by atoms with E-state index in [4.69, 9.17) is 4.74 Å². The summed E-state index contributed by atoms with van der Waals surface area (Å²) < 4.78 is 4.80. The Labute approximate surface area is 209 Å². The first-order valence-corrected chi connectivity index (χ1v) is 12.5. The third-order valence-electron chi connectivity index (χ3n) is 6.56. The highest BCUT2D eigenvalue weighted by atomic mass is 16.5. The third-order valence-corrected chi connectivity index (χ3v) is 6.56. The van der Waals surface area contributed by atoms with E-state index in [-0.39, 0.29) is 35.9 Å². The first kappa shape index (κ1) is 28.3. The molecule has 1 aromatic carbocycles. The fraction of sp³-hybridized carbons (Fsp3) is 0.571. The zero-order chi connectivity index (χ0) is 26.1. The fourth-order valence-corrected chi connectivity index (χ4v) is 4.44. The maximum atomic E-state index is 13.4. The van der Waals surface area contributed by atoms with Gasteiger partial charge in [-0.2, -0.15) is 0 Å². The van der Waals surface area contributed by atoms with Crippen LogP contribution >= 0.6 is 0 Å². The van der Waals surface area contributed by atoms with Gasteiger partial charge in [-0.3, -0.25) is 14.4 Å². The molecule has 192 valence electrons. The molecule has 0 radical (unpaired) electrons. The van der Waals surface area contributed by atoms with Gasteiger partial charge in [0.05, 0.1) is 7.11 Å². The monoisotopic (exact) mass is 484 g/mol. The summed E-state index contributed by atoms with van der Waals surface area (Å²) in [6.07, 6.45) is 4.05. The Morgan fingerprint density at radius 2 is 1.63 bits per heavy atom. The summed E-state index contributed by atoms with van der Waals surface area (Å²) in [7, 11) is 1.27. The van der Waals surface area contributed by atoms with Crippen LogP contribution in [0.3, 0.4) is 0 Å². The lowest BCUT2D eigenvalue weighted by atomic mass is 9.85. The highest BCUT2D eigenvalue weighted by molar-refractivity contribution is 5.93. The summed E-state index contributed by atoms with van der Waals surface area (Å²) in [6.45, 7) is 9.30. The lowest BCUT2D eigenvalue weighted by Crippen LogP contribution is -2.55. The van der Waals surface area contributed by atoms with Crippen molar-refractivity contribution in [2.45, 2.75) is 72.4 Å². The van der Waals surface area contributed by atoms with Crippen molar-refractivity contribution >= 4 is 23.6 Å². The van der Waals surface area contributed by atoms with Crippen LogP contribution in [0.15, 0.2) is 42.0 Å². The second kappa shape index (κ2) is 13.2. The minimum absolute atomic E-state index is 0.0341. The van der Waals surface area contributed by atoms with Gasteiger partial charge < -0.3 is 15.4 Å². The quantitative estimate of drug-likeness (QED) is 0.390. The van der Waals surface area contributed by atoms with E-state index >= 15 is 0 Å². The van der Waals surface area contributed by atoms with Gasteiger partial charge in [0.2, 0.25) is 11.8 Å². The number of carbonyl (C=O) groups is 4. The summed E-state index contributed by atoms with van der Waals surface area (Å²) in [5.41, 5.74) is 2.24. The molecule has 2 unspecified atom stereocenters. The highest BCUT2D eigenvalue weighted by Crippen LogP contribution is 2.28.